The molecule has 2 aliphatic heterocycles. The van der Waals surface area contributed by atoms with Gasteiger partial charge >= 0.3 is 6.61 Å². The topological polar surface area (TPSA) is 89.5 Å². The van der Waals surface area contributed by atoms with Crippen LogP contribution in [-0.4, -0.2) is 58.1 Å². The second-order valence-corrected chi connectivity index (χ2v) is 10.7. The first kappa shape index (κ1) is 26.8. The van der Waals surface area contributed by atoms with Crippen molar-refractivity contribution in [3.63, 3.8) is 0 Å². The molecule has 10 heteroatoms. The van der Waals surface area contributed by atoms with E-state index in [1.807, 2.05) is 11.8 Å². The molecule has 0 saturated carbocycles. The van der Waals surface area contributed by atoms with Crippen LogP contribution in [0.3, 0.4) is 0 Å². The van der Waals surface area contributed by atoms with Crippen LogP contribution >= 0.6 is 0 Å². The van der Waals surface area contributed by atoms with Crippen molar-refractivity contribution >= 4 is 11.7 Å². The molecule has 0 bridgehead atoms. The minimum atomic E-state index is -2.97. The number of carbonyl (C=O) groups excluding carboxylic acids is 1. The molecule has 0 radical (unpaired) electrons. The zero-order valence-corrected chi connectivity index (χ0v) is 22.6. The number of fused-ring (bicyclic) bond motifs is 1. The highest BCUT2D eigenvalue weighted by Crippen LogP contribution is 2.40. The number of carbonyl (C=O) groups is 1. The van der Waals surface area contributed by atoms with Crippen LogP contribution in [0, 0.1) is 12.8 Å². The Morgan fingerprint density at radius 2 is 1.92 bits per heavy atom. The molecule has 0 aliphatic carbocycles. The number of aryl methyl sites for hydroxylation is 2. The van der Waals surface area contributed by atoms with Gasteiger partial charge in [0.1, 0.15) is 17.3 Å². The molecule has 8 nitrogen and oxygen atoms in total. The molecule has 5 rings (SSSR count). The minimum Gasteiger partial charge on any atom is -0.497 e. The number of likely N-dealkylation sites (tertiary alicyclic amines) is 1. The Kier molecular flexibility index (Phi) is 7.38. The summed E-state index contributed by atoms with van der Waals surface area (Å²) in [5.41, 5.74) is 3.14. The number of amides is 1. The Labute approximate surface area is 226 Å². The highest BCUT2D eigenvalue weighted by atomic mass is 19.3. The fraction of sp³-hybridized carbons (Fsp3) is 0.448. The summed E-state index contributed by atoms with van der Waals surface area (Å²) in [7, 11) is 1.45. The molecule has 39 heavy (non-hydrogen) atoms. The van der Waals surface area contributed by atoms with E-state index in [9.17, 15) is 13.6 Å². The maximum Gasteiger partial charge on any atom is 0.387 e. The minimum absolute atomic E-state index is 0.0326. The van der Waals surface area contributed by atoms with E-state index in [4.69, 9.17) is 9.72 Å². The first-order valence-electron chi connectivity index (χ1n) is 13.1. The van der Waals surface area contributed by atoms with E-state index in [1.165, 1.54) is 19.2 Å². The predicted molar refractivity (Wildman–Crippen MR) is 143 cm³/mol. The average Bonchev–Trinajstić information content (AvgIpc) is 2.91. The van der Waals surface area contributed by atoms with Gasteiger partial charge in [0.05, 0.1) is 24.3 Å². The number of ether oxygens (including phenoxy) is 2. The first-order valence-corrected chi connectivity index (χ1v) is 13.1. The number of pyridine rings is 1. The number of nitrogens with zero attached hydrogens (tertiary/aromatic N) is 4. The van der Waals surface area contributed by atoms with Crippen LogP contribution in [-0.2, 0) is 11.2 Å². The molecule has 3 aromatic rings. The van der Waals surface area contributed by atoms with Gasteiger partial charge in [-0.1, -0.05) is 6.92 Å². The third-order valence-electron chi connectivity index (χ3n) is 7.67. The van der Waals surface area contributed by atoms with E-state index >= 15 is 0 Å². The number of piperidine rings is 1. The maximum atomic E-state index is 13.7. The quantitative estimate of drug-likeness (QED) is 0.461. The van der Waals surface area contributed by atoms with Crippen molar-refractivity contribution < 1.29 is 23.0 Å². The van der Waals surface area contributed by atoms with E-state index in [0.717, 1.165) is 41.9 Å². The summed E-state index contributed by atoms with van der Waals surface area (Å²) < 4.78 is 35.6. The van der Waals surface area contributed by atoms with E-state index in [0.29, 0.717) is 30.2 Å². The smallest absolute Gasteiger partial charge is 0.387 e. The van der Waals surface area contributed by atoms with Crippen molar-refractivity contribution in [2.45, 2.75) is 58.1 Å². The number of aromatic nitrogens is 3. The normalized spacial score (nSPS) is 21.3. The van der Waals surface area contributed by atoms with Crippen LogP contribution in [0.4, 0.5) is 14.6 Å². The highest BCUT2D eigenvalue weighted by Gasteiger charge is 2.43. The summed E-state index contributed by atoms with van der Waals surface area (Å²) in [5, 5.41) is 3.71. The molecular weight excluding hydrogens is 504 g/mol. The number of nitrogens with one attached hydrogen (secondary N) is 1. The van der Waals surface area contributed by atoms with E-state index < -0.39 is 12.5 Å². The van der Waals surface area contributed by atoms with Gasteiger partial charge in [-0.25, -0.2) is 15.0 Å². The molecular formula is C29H33F2N5O3. The van der Waals surface area contributed by atoms with E-state index in [1.54, 1.807) is 31.5 Å². The molecule has 2 aliphatic rings. The SMILES string of the molecule is COc1cc(OC(F)F)cc([C@H](C)C(=O)N2C[C@@H](C)C[C@@]3(CCc4cc(-c5ncccn5)c(C)nc4N3)C2)c1. The summed E-state index contributed by atoms with van der Waals surface area (Å²) in [4.78, 5) is 29.3. The van der Waals surface area contributed by atoms with Gasteiger partial charge in [-0.05, 0) is 74.4 Å². The maximum absolute atomic E-state index is 13.7. The second kappa shape index (κ2) is 10.7. The van der Waals surface area contributed by atoms with Crippen molar-refractivity contribution in [3.8, 4) is 22.9 Å². The number of hydrogen-bond donors (Lipinski definition) is 1. The molecule has 1 fully saturated rings. The zero-order valence-electron chi connectivity index (χ0n) is 22.6. The van der Waals surface area contributed by atoms with Gasteiger partial charge < -0.3 is 19.7 Å². The van der Waals surface area contributed by atoms with Gasteiger partial charge in [-0.15, -0.1) is 0 Å². The summed E-state index contributed by atoms with van der Waals surface area (Å²) in [5.74, 6) is 1.47. The van der Waals surface area contributed by atoms with Gasteiger partial charge in [-0.2, -0.15) is 8.78 Å². The van der Waals surface area contributed by atoms with Crippen molar-refractivity contribution in [1.82, 2.24) is 19.9 Å². The van der Waals surface area contributed by atoms with Crippen LogP contribution in [0.2, 0.25) is 0 Å². The molecule has 1 amide bonds. The van der Waals surface area contributed by atoms with Gasteiger partial charge in [0.2, 0.25) is 5.91 Å². The third kappa shape index (κ3) is 5.65. The molecule has 0 unspecified atom stereocenters. The molecule has 206 valence electrons. The van der Waals surface area contributed by atoms with Crippen molar-refractivity contribution in [3.05, 3.63) is 59.5 Å². The number of methoxy groups -OCH3 is 1. The molecule has 2 aromatic heterocycles. The number of benzene rings is 1. The Morgan fingerprint density at radius 3 is 2.64 bits per heavy atom. The van der Waals surface area contributed by atoms with E-state index in [2.05, 4.69) is 33.0 Å². The van der Waals surface area contributed by atoms with Crippen LogP contribution in [0.5, 0.6) is 11.5 Å². The summed E-state index contributed by atoms with van der Waals surface area (Å²) >= 11 is 0. The van der Waals surface area contributed by atoms with E-state index in [-0.39, 0.29) is 23.1 Å². The predicted octanol–water partition coefficient (Wildman–Crippen LogP) is 5.23. The lowest BCUT2D eigenvalue weighted by molar-refractivity contribution is -0.135. The van der Waals surface area contributed by atoms with Crippen LogP contribution in [0.15, 0.2) is 42.7 Å². The van der Waals surface area contributed by atoms with Crippen molar-refractivity contribution in [2.75, 3.05) is 25.5 Å². The number of rotatable bonds is 6. The van der Waals surface area contributed by atoms with Crippen molar-refractivity contribution in [2.24, 2.45) is 5.92 Å². The Balaban J connectivity index is 1.37. The lowest BCUT2D eigenvalue weighted by Gasteiger charge is -2.49. The van der Waals surface area contributed by atoms with Gasteiger partial charge in [-0.3, -0.25) is 4.79 Å². The molecule has 1 N–H and O–H groups in total. The number of anilines is 1. The van der Waals surface area contributed by atoms with Crippen LogP contribution in [0.1, 0.15) is 49.4 Å². The monoisotopic (exact) mass is 537 g/mol. The number of halogens is 2. The molecule has 1 saturated heterocycles. The van der Waals surface area contributed by atoms with Crippen molar-refractivity contribution in [1.29, 1.82) is 0 Å². The second-order valence-electron chi connectivity index (χ2n) is 10.7. The number of alkyl halides is 2. The molecule has 1 spiro atoms. The largest absolute Gasteiger partial charge is 0.497 e. The number of hydrogen-bond acceptors (Lipinski definition) is 7. The van der Waals surface area contributed by atoms with Crippen LogP contribution in [0.25, 0.3) is 11.4 Å². The van der Waals surface area contributed by atoms with Gasteiger partial charge in [0.15, 0.2) is 5.82 Å². The fourth-order valence-electron chi connectivity index (χ4n) is 5.89. The third-order valence-corrected chi connectivity index (χ3v) is 7.67. The summed E-state index contributed by atoms with van der Waals surface area (Å²) in [6, 6.07) is 8.47. The fourth-order valence-corrected chi connectivity index (χ4v) is 5.89. The highest BCUT2D eigenvalue weighted by molar-refractivity contribution is 5.84. The van der Waals surface area contributed by atoms with Crippen LogP contribution < -0.4 is 14.8 Å². The van der Waals surface area contributed by atoms with Gasteiger partial charge in [0.25, 0.3) is 0 Å². The molecule has 3 atom stereocenters. The van der Waals surface area contributed by atoms with Gasteiger partial charge in [0, 0.05) is 37.1 Å². The zero-order chi connectivity index (χ0) is 27.7. The Bertz CT molecular complexity index is 1360. The molecule has 4 heterocycles. The summed E-state index contributed by atoms with van der Waals surface area (Å²) in [6.45, 7) is 4.09. The average molecular weight is 538 g/mol. The summed E-state index contributed by atoms with van der Waals surface area (Å²) in [6.07, 6.45) is 6.05. The lowest BCUT2D eigenvalue weighted by atomic mass is 9.76. The first-order chi connectivity index (χ1) is 18.7. The lowest BCUT2D eigenvalue weighted by Crippen LogP contribution is -2.59. The standard InChI is InChI=1S/C29H33F2N5O3/c1-17-14-29(7-6-20-12-24(19(3)34-25(20)35-29)26-32-8-5-9-33-26)16-36(15-17)27(37)18(2)21-10-22(38-4)13-23(11-21)39-28(30)31/h5,8-13,17-18,28H,6-7,14-16H2,1-4H3,(H,34,35)/t17-,18-,29-/m0/s1. The Hall–Kier alpha value is -3.82. The Morgan fingerprint density at radius 1 is 1.18 bits per heavy atom. The molecule has 1 aromatic carbocycles.